The second-order valence-electron chi connectivity index (χ2n) is 6.09. The summed E-state index contributed by atoms with van der Waals surface area (Å²) in [5, 5.41) is 0.204. The monoisotopic (exact) mass is 323 g/mol. The second kappa shape index (κ2) is 5.62. The van der Waals surface area contributed by atoms with Crippen molar-refractivity contribution in [2.75, 3.05) is 36.0 Å². The molecule has 2 atom stereocenters. The summed E-state index contributed by atoms with van der Waals surface area (Å²) in [6, 6.07) is 0. The van der Waals surface area contributed by atoms with Gasteiger partial charge in [-0.25, -0.2) is 0 Å². The first-order valence-electron chi connectivity index (χ1n) is 7.76. The predicted molar refractivity (Wildman–Crippen MR) is 81.4 cm³/mol. The number of rotatable bonds is 2. The molecule has 1 aromatic rings. The van der Waals surface area contributed by atoms with Crippen LogP contribution in [0, 0.1) is 0 Å². The van der Waals surface area contributed by atoms with E-state index in [1.54, 1.807) is 0 Å². The van der Waals surface area contributed by atoms with Crippen molar-refractivity contribution in [1.82, 2.24) is 15.0 Å². The topological polar surface area (TPSA) is 71.5 Å². The first-order valence-corrected chi connectivity index (χ1v) is 8.14. The van der Waals surface area contributed by atoms with Crippen LogP contribution in [0.1, 0.15) is 25.7 Å². The van der Waals surface area contributed by atoms with E-state index in [1.165, 1.54) is 0 Å². The van der Waals surface area contributed by atoms with Crippen LogP contribution in [0.25, 0.3) is 0 Å². The quantitative estimate of drug-likeness (QED) is 0.806. The Morgan fingerprint density at radius 3 is 2.18 bits per heavy atom. The van der Waals surface area contributed by atoms with Gasteiger partial charge in [-0.3, -0.25) is 4.79 Å². The van der Waals surface area contributed by atoms with Crippen molar-refractivity contribution < 1.29 is 9.53 Å². The lowest BCUT2D eigenvalue weighted by Crippen LogP contribution is -2.44. The number of ether oxygens (including phenoxy) is 1. The van der Waals surface area contributed by atoms with Gasteiger partial charge >= 0.3 is 0 Å². The zero-order valence-electron chi connectivity index (χ0n) is 12.2. The number of aromatic nitrogens is 3. The molecule has 3 aliphatic rings. The Kier molecular flexibility index (Phi) is 3.62. The van der Waals surface area contributed by atoms with E-state index in [1.807, 2.05) is 4.90 Å². The number of hydrogen-bond donors (Lipinski definition) is 0. The summed E-state index contributed by atoms with van der Waals surface area (Å²) in [6.45, 7) is 2.89. The maximum atomic E-state index is 11.4. The number of anilines is 2. The lowest BCUT2D eigenvalue weighted by atomic mass is 10.1. The van der Waals surface area contributed by atoms with Gasteiger partial charge in [0.25, 0.3) is 0 Å². The highest BCUT2D eigenvalue weighted by Crippen LogP contribution is 2.29. The van der Waals surface area contributed by atoms with Gasteiger partial charge in [0, 0.05) is 39.0 Å². The van der Waals surface area contributed by atoms with Crippen molar-refractivity contribution in [3.8, 4) is 0 Å². The van der Waals surface area contributed by atoms with E-state index in [-0.39, 0.29) is 17.5 Å². The number of nitrogens with zero attached hydrogens (tertiary/aromatic N) is 5. The summed E-state index contributed by atoms with van der Waals surface area (Å²) in [4.78, 5) is 28.6. The second-order valence-corrected chi connectivity index (χ2v) is 6.43. The van der Waals surface area contributed by atoms with Crippen molar-refractivity contribution in [3.63, 3.8) is 0 Å². The van der Waals surface area contributed by atoms with Crippen LogP contribution in [0.5, 0.6) is 0 Å². The largest absolute Gasteiger partial charge is 0.371 e. The minimum atomic E-state index is 0.204. The number of fused-ring (bicyclic) bond motifs is 2. The van der Waals surface area contributed by atoms with Gasteiger partial charge in [-0.05, 0) is 24.4 Å². The number of carbonyl (C=O) groups is 1. The van der Waals surface area contributed by atoms with Gasteiger partial charge in [0.05, 0.1) is 12.2 Å². The maximum Gasteiger partial charge on any atom is 0.231 e. The molecule has 3 saturated heterocycles. The maximum absolute atomic E-state index is 11.4. The summed E-state index contributed by atoms with van der Waals surface area (Å²) in [6.07, 6.45) is 3.82. The van der Waals surface area contributed by atoms with Crippen LogP contribution in [0.4, 0.5) is 11.9 Å². The molecular formula is C14H18ClN5O2. The van der Waals surface area contributed by atoms with Crippen molar-refractivity contribution >= 4 is 29.3 Å². The Balaban J connectivity index is 1.57. The smallest absolute Gasteiger partial charge is 0.231 e. The molecule has 0 N–H and O–H groups in total. The number of Topliss-reactive ketones (excluding diaryl/α,β-unsaturated/α-hetero) is 1. The molecule has 3 fully saturated rings. The fourth-order valence-corrected chi connectivity index (χ4v) is 3.50. The Bertz CT molecular complexity index is 577. The molecule has 8 heteroatoms. The van der Waals surface area contributed by atoms with E-state index >= 15 is 0 Å². The van der Waals surface area contributed by atoms with Crippen molar-refractivity contribution in [3.05, 3.63) is 5.28 Å². The predicted octanol–water partition coefficient (Wildman–Crippen LogP) is 1.06. The average molecular weight is 324 g/mol. The highest BCUT2D eigenvalue weighted by atomic mass is 35.5. The van der Waals surface area contributed by atoms with E-state index in [2.05, 4.69) is 19.9 Å². The van der Waals surface area contributed by atoms with Crippen LogP contribution in [0.2, 0.25) is 5.28 Å². The molecule has 4 heterocycles. The van der Waals surface area contributed by atoms with E-state index in [4.69, 9.17) is 16.3 Å². The summed E-state index contributed by atoms with van der Waals surface area (Å²) in [5.41, 5.74) is 0. The van der Waals surface area contributed by atoms with Crippen molar-refractivity contribution in [2.45, 2.75) is 37.9 Å². The van der Waals surface area contributed by atoms with E-state index < -0.39 is 0 Å². The summed E-state index contributed by atoms with van der Waals surface area (Å²) in [5.74, 6) is 1.48. The molecule has 0 aromatic carbocycles. The van der Waals surface area contributed by atoms with Crippen LogP contribution in [-0.4, -0.2) is 59.1 Å². The number of piperidine rings is 1. The highest BCUT2D eigenvalue weighted by Gasteiger charge is 2.35. The van der Waals surface area contributed by atoms with E-state index in [0.29, 0.717) is 43.6 Å². The molecule has 0 amide bonds. The molecule has 0 saturated carbocycles. The Hall–Kier alpha value is -1.47. The third-order valence-electron chi connectivity index (χ3n) is 4.51. The highest BCUT2D eigenvalue weighted by molar-refractivity contribution is 6.28. The van der Waals surface area contributed by atoms with Crippen LogP contribution in [-0.2, 0) is 9.53 Å². The normalized spacial score (nSPS) is 28.3. The van der Waals surface area contributed by atoms with Crippen LogP contribution < -0.4 is 9.80 Å². The molecule has 22 heavy (non-hydrogen) atoms. The Morgan fingerprint density at radius 2 is 1.55 bits per heavy atom. The van der Waals surface area contributed by atoms with Gasteiger partial charge in [-0.1, -0.05) is 0 Å². The SMILES string of the molecule is O=C1CCN(c2nc(Cl)nc(N3CC4CCC(C3)O4)n2)CC1. The summed E-state index contributed by atoms with van der Waals surface area (Å²) in [7, 11) is 0. The molecule has 3 aliphatic heterocycles. The Labute approximate surface area is 133 Å². The van der Waals surface area contributed by atoms with Crippen molar-refractivity contribution in [1.29, 1.82) is 0 Å². The molecule has 4 rings (SSSR count). The average Bonchev–Trinajstić information content (AvgIpc) is 2.85. The summed E-state index contributed by atoms with van der Waals surface area (Å²) < 4.78 is 5.84. The van der Waals surface area contributed by atoms with Crippen LogP contribution in [0.15, 0.2) is 0 Å². The van der Waals surface area contributed by atoms with Crippen LogP contribution in [0.3, 0.4) is 0 Å². The zero-order chi connectivity index (χ0) is 15.1. The van der Waals surface area contributed by atoms with Gasteiger partial charge in [-0.2, -0.15) is 15.0 Å². The molecule has 118 valence electrons. The van der Waals surface area contributed by atoms with Crippen molar-refractivity contribution in [2.24, 2.45) is 0 Å². The first-order chi connectivity index (χ1) is 10.7. The van der Waals surface area contributed by atoms with Crippen LogP contribution >= 0.6 is 11.6 Å². The molecular weight excluding hydrogens is 306 g/mol. The zero-order valence-corrected chi connectivity index (χ0v) is 13.0. The summed E-state index contributed by atoms with van der Waals surface area (Å²) >= 11 is 6.09. The minimum absolute atomic E-state index is 0.204. The fourth-order valence-electron chi connectivity index (χ4n) is 3.35. The minimum Gasteiger partial charge on any atom is -0.371 e. The molecule has 1 aromatic heterocycles. The van der Waals surface area contributed by atoms with Gasteiger partial charge in [-0.15, -0.1) is 0 Å². The molecule has 7 nitrogen and oxygen atoms in total. The van der Waals surface area contributed by atoms with Gasteiger partial charge in [0.2, 0.25) is 17.2 Å². The third-order valence-corrected chi connectivity index (χ3v) is 4.68. The van der Waals surface area contributed by atoms with E-state index in [9.17, 15) is 4.79 Å². The van der Waals surface area contributed by atoms with Gasteiger partial charge in [0.1, 0.15) is 5.78 Å². The van der Waals surface area contributed by atoms with Gasteiger partial charge < -0.3 is 14.5 Å². The number of ketones is 1. The lowest BCUT2D eigenvalue weighted by Gasteiger charge is -2.33. The Morgan fingerprint density at radius 1 is 0.955 bits per heavy atom. The molecule has 2 unspecified atom stereocenters. The fraction of sp³-hybridized carbons (Fsp3) is 0.714. The molecule has 0 radical (unpaired) electrons. The number of carbonyl (C=O) groups excluding carboxylic acids is 1. The lowest BCUT2D eigenvalue weighted by molar-refractivity contribution is -0.119. The third kappa shape index (κ3) is 2.75. The first kappa shape index (κ1) is 14.1. The molecule has 0 aliphatic carbocycles. The standard InChI is InChI=1S/C14H18ClN5O2/c15-12-16-13(19-5-3-9(21)4-6-19)18-14(17-12)20-7-10-1-2-11(8-20)22-10/h10-11H,1-8H2. The molecule has 0 spiro atoms. The van der Waals surface area contributed by atoms with E-state index in [0.717, 1.165) is 25.9 Å². The van der Waals surface area contributed by atoms with Gasteiger partial charge in [0.15, 0.2) is 0 Å². The molecule has 2 bridgehead atoms. The number of morpholine rings is 1. The number of hydrogen-bond acceptors (Lipinski definition) is 7. The number of halogens is 1.